The van der Waals surface area contributed by atoms with Crippen LogP contribution in [0.5, 0.6) is 0 Å². The number of nitrogens with one attached hydrogen (secondary N) is 2. The zero-order chi connectivity index (χ0) is 40.3. The number of hydrogen-bond acceptors (Lipinski definition) is 9. The maximum Gasteiger partial charge on any atom is 0.438 e. The average Bonchev–Trinajstić information content (AvgIpc) is 3.98. The number of aromatic nitrogens is 5. The van der Waals surface area contributed by atoms with Gasteiger partial charge in [0, 0.05) is 48.4 Å². The Bertz CT molecular complexity index is 2400. The number of amides is 1. The van der Waals surface area contributed by atoms with E-state index in [0.29, 0.717) is 60.4 Å². The summed E-state index contributed by atoms with van der Waals surface area (Å²) in [7, 11) is 0. The third-order valence-corrected chi connectivity index (χ3v) is 11.7. The number of H-pyrrole nitrogens is 1. The molecule has 1 amide bonds. The van der Waals surface area contributed by atoms with Gasteiger partial charge in [0.2, 0.25) is 0 Å². The standard InChI is InChI=1S/C41H47FN8O4.CH4S/c1-9-41(8,38-44-39(52)54-46-38)49-32-11-10-27(28-13-17-53-40(6,7)22-28)20-29(32)21-33(49)37(51)47-15-12-31-34(25(47)4)36(48-16-14-43-26(48)5)50(45-31)30-18-23(2)35(42)24(3)19-30;1-2/h10-11,14,16,18-21,25,28,43H,5,9,12-13,15,17,22H2,1-4,6-8H3,(H,44,46,52);2H,1H3/t25-,28-,41+;/m0./s1. The van der Waals surface area contributed by atoms with Gasteiger partial charge in [-0.25, -0.2) is 13.9 Å². The molecule has 0 radical (unpaired) electrons. The average molecular weight is 783 g/mol. The van der Waals surface area contributed by atoms with Crippen LogP contribution >= 0.6 is 12.6 Å². The number of benzene rings is 2. The number of carbonyl (C=O) groups is 1. The normalized spacial score (nSPS) is 20.1. The van der Waals surface area contributed by atoms with Crippen molar-refractivity contribution in [1.82, 2.24) is 34.7 Å². The minimum absolute atomic E-state index is 0.162. The molecule has 8 rings (SSSR count). The minimum atomic E-state index is -0.927. The number of halogens is 1. The molecule has 3 aromatic heterocycles. The van der Waals surface area contributed by atoms with Crippen molar-refractivity contribution in [2.24, 2.45) is 0 Å². The van der Waals surface area contributed by atoms with E-state index >= 15 is 4.79 Å². The molecule has 2 N–H and O–H groups in total. The zero-order valence-electron chi connectivity index (χ0n) is 33.4. The van der Waals surface area contributed by atoms with E-state index in [9.17, 15) is 9.18 Å². The molecule has 14 heteroatoms. The summed E-state index contributed by atoms with van der Waals surface area (Å²) < 4.78 is 29.7. The number of anilines is 1. The summed E-state index contributed by atoms with van der Waals surface area (Å²) in [5.41, 5.74) is 4.89. The molecule has 0 bridgehead atoms. The van der Waals surface area contributed by atoms with Gasteiger partial charge in [0.1, 0.15) is 28.7 Å². The Kier molecular flexibility index (Phi) is 10.3. The van der Waals surface area contributed by atoms with Crippen molar-refractivity contribution < 1.29 is 18.4 Å². The molecule has 0 aliphatic carbocycles. The highest BCUT2D eigenvalue weighted by Gasteiger charge is 2.41. The Morgan fingerprint density at radius 1 is 1.16 bits per heavy atom. The number of aryl methyl sites for hydroxylation is 2. The van der Waals surface area contributed by atoms with Gasteiger partial charge in [0.25, 0.3) is 5.91 Å². The Morgan fingerprint density at radius 2 is 1.89 bits per heavy atom. The van der Waals surface area contributed by atoms with Gasteiger partial charge in [0.05, 0.1) is 23.0 Å². The minimum Gasteiger partial charge on any atom is -0.376 e. The van der Waals surface area contributed by atoms with Crippen LogP contribution in [0.1, 0.15) is 110 Å². The van der Waals surface area contributed by atoms with Gasteiger partial charge < -0.3 is 19.5 Å². The first-order valence-corrected chi connectivity index (χ1v) is 20.0. The smallest absolute Gasteiger partial charge is 0.376 e. The summed E-state index contributed by atoms with van der Waals surface area (Å²) in [6.45, 7) is 19.1. The van der Waals surface area contributed by atoms with Gasteiger partial charge in [-0.3, -0.25) is 19.2 Å². The van der Waals surface area contributed by atoms with E-state index in [1.54, 1.807) is 38.4 Å². The number of carbonyl (C=O) groups excluding carboxylic acids is 1. The van der Waals surface area contributed by atoms with Crippen LogP contribution < -0.4 is 16.0 Å². The van der Waals surface area contributed by atoms with Gasteiger partial charge >= 0.3 is 5.76 Å². The number of fused-ring (bicyclic) bond motifs is 2. The second-order valence-corrected chi connectivity index (χ2v) is 15.7. The molecule has 1 fully saturated rings. The Hall–Kier alpha value is -5.08. The van der Waals surface area contributed by atoms with Gasteiger partial charge in [-0.2, -0.15) is 17.7 Å². The molecule has 5 aromatic rings. The molecule has 12 nitrogen and oxygen atoms in total. The predicted molar refractivity (Wildman–Crippen MR) is 219 cm³/mol. The first-order valence-electron chi connectivity index (χ1n) is 19.1. The summed E-state index contributed by atoms with van der Waals surface area (Å²) in [4.78, 5) is 34.1. The van der Waals surface area contributed by atoms with Crippen molar-refractivity contribution in [1.29, 1.82) is 0 Å². The summed E-state index contributed by atoms with van der Waals surface area (Å²) in [6, 6.07) is 11.6. The molecule has 0 spiro atoms. The molecule has 3 atom stereocenters. The van der Waals surface area contributed by atoms with Crippen molar-refractivity contribution in [3.63, 3.8) is 0 Å². The summed E-state index contributed by atoms with van der Waals surface area (Å²) in [5.74, 6) is 0.958. The highest BCUT2D eigenvalue weighted by atomic mass is 32.1. The molecule has 3 aliphatic rings. The van der Waals surface area contributed by atoms with Crippen LogP contribution in [0.4, 0.5) is 10.2 Å². The van der Waals surface area contributed by atoms with Crippen molar-refractivity contribution in [2.75, 3.05) is 24.3 Å². The molecule has 296 valence electrons. The topological polar surface area (TPSA) is 126 Å². The van der Waals surface area contributed by atoms with Crippen LogP contribution in [0, 0.1) is 19.7 Å². The fraction of sp³-hybridized carbons (Fsp3) is 0.429. The molecule has 2 aromatic carbocycles. The molecule has 0 unspecified atom stereocenters. The second-order valence-electron chi connectivity index (χ2n) is 15.7. The zero-order valence-corrected chi connectivity index (χ0v) is 34.3. The van der Waals surface area contributed by atoms with Crippen molar-refractivity contribution in [3.8, 4) is 5.69 Å². The van der Waals surface area contributed by atoms with E-state index in [4.69, 9.17) is 14.4 Å². The van der Waals surface area contributed by atoms with Crippen LogP contribution in [0.15, 0.2) is 70.5 Å². The fourth-order valence-corrected chi connectivity index (χ4v) is 8.69. The van der Waals surface area contributed by atoms with Crippen LogP contribution in [0.3, 0.4) is 0 Å². The lowest BCUT2D eigenvalue weighted by molar-refractivity contribution is -0.0592. The van der Waals surface area contributed by atoms with Crippen molar-refractivity contribution in [3.05, 3.63) is 117 Å². The maximum absolute atomic E-state index is 15.2. The van der Waals surface area contributed by atoms with Gasteiger partial charge in [0.15, 0.2) is 5.82 Å². The van der Waals surface area contributed by atoms with E-state index in [0.717, 1.165) is 46.5 Å². The highest BCUT2D eigenvalue weighted by Crippen LogP contribution is 2.43. The van der Waals surface area contributed by atoms with Crippen molar-refractivity contribution >= 4 is 35.3 Å². The molecule has 1 saturated heterocycles. The summed E-state index contributed by atoms with van der Waals surface area (Å²) in [5, 5.41) is 13.3. The molecule has 3 aliphatic heterocycles. The Morgan fingerprint density at radius 3 is 2.52 bits per heavy atom. The number of thiol groups is 1. The van der Waals surface area contributed by atoms with E-state index < -0.39 is 17.3 Å². The van der Waals surface area contributed by atoms with Crippen LogP contribution in [0.2, 0.25) is 0 Å². The largest absolute Gasteiger partial charge is 0.438 e. The first-order chi connectivity index (χ1) is 26.7. The van der Waals surface area contributed by atoms with E-state index in [2.05, 4.69) is 66.7 Å². The summed E-state index contributed by atoms with van der Waals surface area (Å²) in [6.07, 6.45) is 8.22. The SMILES string of the molecule is C=C1NC=CN1c1c2c(nn1-c1cc(C)c(F)c(C)c1)CCN(C(=O)c1cc3cc([C@H]4CCOC(C)(C)C4)ccc3n1[C@](C)(CC)c1noc(=O)[nH]1)[C@H]2C.CS. The Labute approximate surface area is 331 Å². The van der Waals surface area contributed by atoms with Crippen LogP contribution in [-0.2, 0) is 16.7 Å². The van der Waals surface area contributed by atoms with Gasteiger partial charge in [-0.1, -0.05) is 24.7 Å². The number of nitrogens with zero attached hydrogens (tertiary/aromatic N) is 6. The van der Waals surface area contributed by atoms with Crippen molar-refractivity contribution in [2.45, 2.75) is 97.2 Å². The summed E-state index contributed by atoms with van der Waals surface area (Å²) >= 11 is 3.53. The second kappa shape index (κ2) is 14.8. The first kappa shape index (κ1) is 39.2. The molecule has 0 saturated carbocycles. The number of rotatable bonds is 7. The number of aromatic amines is 1. The molecule has 6 heterocycles. The lowest BCUT2D eigenvalue weighted by Gasteiger charge is -2.36. The monoisotopic (exact) mass is 782 g/mol. The molecule has 56 heavy (non-hydrogen) atoms. The number of hydrogen-bond donors (Lipinski definition) is 3. The van der Waals surface area contributed by atoms with Crippen LogP contribution in [0.25, 0.3) is 16.6 Å². The third kappa shape index (κ3) is 6.55. The maximum atomic E-state index is 15.2. The molecular weight excluding hydrogens is 732 g/mol. The predicted octanol–water partition coefficient (Wildman–Crippen LogP) is 7.76. The van der Waals surface area contributed by atoms with E-state index in [-0.39, 0.29) is 17.3 Å². The lowest BCUT2D eigenvalue weighted by atomic mass is 9.83. The number of ether oxygens (including phenoxy) is 1. The van der Waals surface area contributed by atoms with E-state index in [1.807, 2.05) is 52.1 Å². The highest BCUT2D eigenvalue weighted by molar-refractivity contribution is 7.79. The van der Waals surface area contributed by atoms with Crippen LogP contribution in [-0.4, -0.2) is 60.3 Å². The Balaban J connectivity index is 0.00000237. The van der Waals surface area contributed by atoms with E-state index in [1.165, 1.54) is 5.56 Å². The fourth-order valence-electron chi connectivity index (χ4n) is 8.69. The van der Waals surface area contributed by atoms with Gasteiger partial charge in [-0.05, 0) is 120 Å². The quantitative estimate of drug-likeness (QED) is 0.143. The molecular formula is C42H51FN8O4S. The third-order valence-electron chi connectivity index (χ3n) is 11.7. The van der Waals surface area contributed by atoms with Gasteiger partial charge in [-0.15, -0.1) is 0 Å². The lowest BCUT2D eigenvalue weighted by Crippen LogP contribution is -2.42.